The zero-order valence-corrected chi connectivity index (χ0v) is 26.5. The van der Waals surface area contributed by atoms with Crippen molar-refractivity contribution in [1.82, 2.24) is 19.4 Å². The minimum absolute atomic E-state index is 0.0775. The minimum Gasteiger partial charge on any atom is -0.369 e. The van der Waals surface area contributed by atoms with Gasteiger partial charge in [-0.2, -0.15) is 0 Å². The van der Waals surface area contributed by atoms with Crippen LogP contribution in [0.2, 0.25) is 0 Å². The Bertz CT molecular complexity index is 1720. The second-order valence-electron chi connectivity index (χ2n) is 12.9. The van der Waals surface area contributed by atoms with E-state index in [0.29, 0.717) is 29.6 Å². The van der Waals surface area contributed by atoms with E-state index in [0.717, 1.165) is 79.8 Å². The molecule has 3 aromatic heterocycles. The third-order valence-electron chi connectivity index (χ3n) is 9.28. The molecular formula is C37H44FN5O. The van der Waals surface area contributed by atoms with Crippen molar-refractivity contribution in [1.29, 1.82) is 0 Å². The standard InChI is InChI=1S/C37H44FN5O/c1-25(2)43-23-30(37(44)34-18-35(38)33(19-36(34)43)29-9-6-5-7-10-29)22-42(21-28-14-15-39-27(4)17-28)32-11-8-16-41(24-32)31-13-12-26(3)40-20-31/h9,12-15,17-20,23,25,32H,5-8,10-11,16,21-22,24H2,1-4H3/t32-/m0/s1. The smallest absolute Gasteiger partial charge is 0.193 e. The van der Waals surface area contributed by atoms with Crippen molar-refractivity contribution >= 4 is 22.2 Å². The molecule has 6 rings (SSSR count). The van der Waals surface area contributed by atoms with Gasteiger partial charge in [-0.25, -0.2) is 4.39 Å². The quantitative estimate of drug-likeness (QED) is 0.209. The second-order valence-corrected chi connectivity index (χ2v) is 12.9. The zero-order valence-electron chi connectivity index (χ0n) is 26.5. The summed E-state index contributed by atoms with van der Waals surface area (Å²) in [6.07, 6.45) is 14.2. The fraction of sp³-hybridized carbons (Fsp3) is 0.432. The van der Waals surface area contributed by atoms with Crippen LogP contribution in [0.1, 0.15) is 86.5 Å². The first-order valence-electron chi connectivity index (χ1n) is 16.2. The summed E-state index contributed by atoms with van der Waals surface area (Å²) in [7, 11) is 0. The summed E-state index contributed by atoms with van der Waals surface area (Å²) in [6, 6.07) is 12.2. The Morgan fingerprint density at radius 2 is 1.89 bits per heavy atom. The molecule has 1 saturated heterocycles. The molecule has 230 valence electrons. The van der Waals surface area contributed by atoms with Crippen LogP contribution in [-0.4, -0.2) is 38.6 Å². The average molecular weight is 594 g/mol. The Hall–Kier alpha value is -3.84. The first-order valence-corrected chi connectivity index (χ1v) is 16.2. The van der Waals surface area contributed by atoms with Gasteiger partial charge in [0.2, 0.25) is 0 Å². The van der Waals surface area contributed by atoms with Crippen LogP contribution in [0.3, 0.4) is 0 Å². The molecule has 0 unspecified atom stereocenters. The van der Waals surface area contributed by atoms with E-state index in [1.165, 1.54) is 11.6 Å². The summed E-state index contributed by atoms with van der Waals surface area (Å²) in [5, 5.41) is 0.463. The molecule has 1 fully saturated rings. The molecule has 6 nitrogen and oxygen atoms in total. The molecule has 1 aromatic carbocycles. The van der Waals surface area contributed by atoms with E-state index in [1.807, 2.05) is 38.5 Å². The average Bonchev–Trinajstić information content (AvgIpc) is 3.02. The lowest BCUT2D eigenvalue weighted by atomic mass is 9.92. The molecule has 4 aromatic rings. The Balaban J connectivity index is 1.38. The van der Waals surface area contributed by atoms with Gasteiger partial charge >= 0.3 is 0 Å². The van der Waals surface area contributed by atoms with Gasteiger partial charge in [0.05, 0.1) is 17.4 Å². The van der Waals surface area contributed by atoms with E-state index in [4.69, 9.17) is 0 Å². The fourth-order valence-corrected chi connectivity index (χ4v) is 6.90. The first-order chi connectivity index (χ1) is 21.3. The molecule has 0 amide bonds. The van der Waals surface area contributed by atoms with Crippen LogP contribution in [0.15, 0.2) is 65.9 Å². The molecule has 2 aliphatic rings. The fourth-order valence-electron chi connectivity index (χ4n) is 6.90. The molecule has 0 bridgehead atoms. The van der Waals surface area contributed by atoms with Crippen molar-refractivity contribution in [2.45, 2.75) is 91.4 Å². The number of pyridine rings is 3. The number of hydrogen-bond acceptors (Lipinski definition) is 5. The van der Waals surface area contributed by atoms with Crippen molar-refractivity contribution in [3.05, 3.63) is 105 Å². The van der Waals surface area contributed by atoms with Crippen LogP contribution in [0.5, 0.6) is 0 Å². The second kappa shape index (κ2) is 13.0. The van der Waals surface area contributed by atoms with Gasteiger partial charge < -0.3 is 9.47 Å². The summed E-state index contributed by atoms with van der Waals surface area (Å²) in [4.78, 5) is 27.9. The summed E-state index contributed by atoms with van der Waals surface area (Å²) < 4.78 is 17.8. The lowest BCUT2D eigenvalue weighted by Gasteiger charge is -2.40. The van der Waals surface area contributed by atoms with Crippen molar-refractivity contribution in [3.8, 4) is 0 Å². The maximum absolute atomic E-state index is 15.6. The number of aromatic nitrogens is 3. The SMILES string of the molecule is Cc1ccc(N2CCC[C@H](N(Cc3ccnc(C)c3)Cc3cn(C(C)C)c4cc(C5=CCCCC5)c(F)cc4c3=O)C2)cn1. The number of halogens is 1. The van der Waals surface area contributed by atoms with Crippen molar-refractivity contribution in [2.24, 2.45) is 0 Å². The summed E-state index contributed by atoms with van der Waals surface area (Å²) >= 11 is 0. The molecule has 1 aliphatic carbocycles. The predicted octanol–water partition coefficient (Wildman–Crippen LogP) is 7.76. The zero-order chi connectivity index (χ0) is 30.8. The lowest BCUT2D eigenvalue weighted by molar-refractivity contribution is 0.158. The van der Waals surface area contributed by atoms with Crippen molar-refractivity contribution in [3.63, 3.8) is 0 Å². The number of aryl methyl sites for hydroxylation is 2. The number of fused-ring (bicyclic) bond motifs is 1. The van der Waals surface area contributed by atoms with Gasteiger partial charge in [-0.15, -0.1) is 0 Å². The Kier molecular flexibility index (Phi) is 8.94. The third-order valence-corrected chi connectivity index (χ3v) is 9.28. The van der Waals surface area contributed by atoms with Gasteiger partial charge in [0, 0.05) is 78.6 Å². The van der Waals surface area contributed by atoms with Gasteiger partial charge in [0.15, 0.2) is 5.43 Å². The van der Waals surface area contributed by atoms with E-state index in [-0.39, 0.29) is 23.3 Å². The maximum Gasteiger partial charge on any atom is 0.193 e. The highest BCUT2D eigenvalue weighted by atomic mass is 19.1. The molecule has 0 N–H and O–H groups in total. The Labute approximate surface area is 260 Å². The highest BCUT2D eigenvalue weighted by molar-refractivity contribution is 5.84. The van der Waals surface area contributed by atoms with Crippen LogP contribution in [0, 0.1) is 19.7 Å². The van der Waals surface area contributed by atoms with Gasteiger partial charge in [-0.05, 0) is 114 Å². The predicted molar refractivity (Wildman–Crippen MR) is 177 cm³/mol. The molecule has 0 spiro atoms. The van der Waals surface area contributed by atoms with Gasteiger partial charge in [-0.1, -0.05) is 6.08 Å². The molecule has 4 heterocycles. The Morgan fingerprint density at radius 3 is 2.61 bits per heavy atom. The van der Waals surface area contributed by atoms with Crippen LogP contribution >= 0.6 is 0 Å². The number of benzene rings is 1. The summed E-state index contributed by atoms with van der Waals surface area (Å²) in [6.45, 7) is 11.3. The normalized spacial score (nSPS) is 17.5. The number of piperidine rings is 1. The number of nitrogens with zero attached hydrogens (tertiary/aromatic N) is 5. The lowest BCUT2D eigenvalue weighted by Crippen LogP contribution is -2.48. The number of allylic oxidation sites excluding steroid dienone is 2. The molecule has 1 atom stereocenters. The molecule has 0 saturated carbocycles. The van der Waals surface area contributed by atoms with Crippen LogP contribution in [-0.2, 0) is 13.1 Å². The third kappa shape index (κ3) is 6.48. The van der Waals surface area contributed by atoms with E-state index in [9.17, 15) is 4.79 Å². The Morgan fingerprint density at radius 1 is 1.02 bits per heavy atom. The van der Waals surface area contributed by atoms with Crippen LogP contribution < -0.4 is 10.3 Å². The van der Waals surface area contributed by atoms with Crippen LogP contribution in [0.25, 0.3) is 16.5 Å². The van der Waals surface area contributed by atoms with E-state index >= 15 is 4.39 Å². The molecule has 44 heavy (non-hydrogen) atoms. The number of hydrogen-bond donors (Lipinski definition) is 0. The van der Waals surface area contributed by atoms with Gasteiger partial charge in [-0.3, -0.25) is 19.7 Å². The molecule has 7 heteroatoms. The maximum atomic E-state index is 15.6. The number of anilines is 1. The molecule has 0 radical (unpaired) electrons. The number of rotatable bonds is 8. The largest absolute Gasteiger partial charge is 0.369 e. The van der Waals surface area contributed by atoms with Crippen molar-refractivity contribution in [2.75, 3.05) is 18.0 Å². The van der Waals surface area contributed by atoms with Crippen LogP contribution in [0.4, 0.5) is 10.1 Å². The van der Waals surface area contributed by atoms with E-state index in [1.54, 1.807) is 0 Å². The van der Waals surface area contributed by atoms with E-state index in [2.05, 4.69) is 68.5 Å². The van der Waals surface area contributed by atoms with Crippen molar-refractivity contribution < 1.29 is 4.39 Å². The van der Waals surface area contributed by atoms with Gasteiger partial charge in [0.1, 0.15) is 5.82 Å². The highest BCUT2D eigenvalue weighted by Gasteiger charge is 2.28. The topological polar surface area (TPSA) is 54.3 Å². The first kappa shape index (κ1) is 30.2. The summed E-state index contributed by atoms with van der Waals surface area (Å²) in [5.74, 6) is -0.297. The molecular weight excluding hydrogens is 549 g/mol. The summed E-state index contributed by atoms with van der Waals surface area (Å²) in [5.41, 5.74) is 7.43. The van der Waals surface area contributed by atoms with E-state index < -0.39 is 0 Å². The molecule has 1 aliphatic heterocycles. The highest BCUT2D eigenvalue weighted by Crippen LogP contribution is 2.32. The van der Waals surface area contributed by atoms with Gasteiger partial charge in [0.25, 0.3) is 0 Å². The minimum atomic E-state index is -0.297. The monoisotopic (exact) mass is 593 g/mol.